The number of halogens is 1. The molecule has 0 unspecified atom stereocenters. The Morgan fingerprint density at radius 2 is 1.89 bits per heavy atom. The number of thioether (sulfide) groups is 1. The van der Waals surface area contributed by atoms with Crippen LogP contribution in [0.2, 0.25) is 5.02 Å². The quantitative estimate of drug-likeness (QED) is 0.471. The minimum absolute atomic E-state index is 0.321. The van der Waals surface area contributed by atoms with Crippen molar-refractivity contribution < 1.29 is 13.2 Å². The lowest BCUT2D eigenvalue weighted by molar-refractivity contribution is -0.122. The number of amides is 1. The summed E-state index contributed by atoms with van der Waals surface area (Å²) >= 11 is 7.80. The molecule has 0 saturated carbocycles. The molecule has 5 nitrogen and oxygen atoms in total. The lowest BCUT2D eigenvalue weighted by Gasteiger charge is -2.30. The Kier molecular flexibility index (Phi) is 8.22. The highest BCUT2D eigenvalue weighted by Crippen LogP contribution is 2.27. The van der Waals surface area contributed by atoms with Gasteiger partial charge in [0.15, 0.2) is 0 Å². The average Bonchev–Trinajstić information content (AvgIpc) is 2.65. The van der Waals surface area contributed by atoms with E-state index in [0.29, 0.717) is 29.4 Å². The van der Waals surface area contributed by atoms with Crippen LogP contribution in [0.15, 0.2) is 53.4 Å². The first-order valence-electron chi connectivity index (χ1n) is 8.95. The lowest BCUT2D eigenvalue weighted by atomic mass is 10.1. The van der Waals surface area contributed by atoms with E-state index in [2.05, 4.69) is 5.32 Å². The number of benzene rings is 2. The molecule has 2 aromatic carbocycles. The molecule has 0 aliphatic rings. The van der Waals surface area contributed by atoms with Crippen LogP contribution < -0.4 is 9.62 Å². The summed E-state index contributed by atoms with van der Waals surface area (Å²) in [4.78, 5) is 13.9. The predicted octanol–water partition coefficient (Wildman–Crippen LogP) is 4.10. The van der Waals surface area contributed by atoms with Crippen LogP contribution in [-0.4, -0.2) is 38.9 Å². The largest absolute Gasteiger partial charge is 0.353 e. The molecule has 0 radical (unpaired) electrons. The number of hydrogen-bond acceptors (Lipinski definition) is 4. The van der Waals surface area contributed by atoms with Crippen molar-refractivity contribution in [3.05, 3.63) is 59.1 Å². The summed E-state index contributed by atoms with van der Waals surface area (Å²) in [6.45, 7) is 4.07. The van der Waals surface area contributed by atoms with Crippen molar-refractivity contribution in [2.24, 2.45) is 0 Å². The number of rotatable bonds is 9. The van der Waals surface area contributed by atoms with Crippen molar-refractivity contribution in [3.8, 4) is 0 Å². The first-order chi connectivity index (χ1) is 13.2. The Labute approximate surface area is 176 Å². The van der Waals surface area contributed by atoms with Gasteiger partial charge in [0, 0.05) is 22.2 Å². The number of sulfonamides is 1. The third kappa shape index (κ3) is 6.15. The van der Waals surface area contributed by atoms with E-state index in [1.165, 1.54) is 0 Å². The lowest BCUT2D eigenvalue weighted by Crippen LogP contribution is -2.49. The Bertz CT molecular complexity index is 905. The maximum atomic E-state index is 12.7. The smallest absolute Gasteiger partial charge is 0.243 e. The first-order valence-corrected chi connectivity index (χ1v) is 12.2. The van der Waals surface area contributed by atoms with Crippen LogP contribution in [0.3, 0.4) is 0 Å². The van der Waals surface area contributed by atoms with Crippen molar-refractivity contribution in [2.75, 3.05) is 22.9 Å². The summed E-state index contributed by atoms with van der Waals surface area (Å²) in [5.41, 5.74) is 1.23. The molecule has 0 saturated heterocycles. The second-order valence-electron chi connectivity index (χ2n) is 6.37. The third-order valence-electron chi connectivity index (χ3n) is 4.15. The Morgan fingerprint density at radius 1 is 1.21 bits per heavy atom. The van der Waals surface area contributed by atoms with Crippen molar-refractivity contribution in [1.82, 2.24) is 5.32 Å². The Balaban J connectivity index is 2.09. The highest BCUT2D eigenvalue weighted by molar-refractivity contribution is 7.99. The summed E-state index contributed by atoms with van der Waals surface area (Å²) in [6.07, 6.45) is 1.44. The highest BCUT2D eigenvalue weighted by Gasteiger charge is 2.31. The van der Waals surface area contributed by atoms with Gasteiger partial charge in [-0.25, -0.2) is 8.42 Å². The molecule has 2 aromatic rings. The number of hydrogen-bond donors (Lipinski definition) is 1. The number of anilines is 1. The summed E-state index contributed by atoms with van der Waals surface area (Å²) in [6, 6.07) is 14.1. The van der Waals surface area contributed by atoms with E-state index in [1.807, 2.05) is 37.3 Å². The third-order valence-corrected chi connectivity index (χ3v) is 6.75. The highest BCUT2D eigenvalue weighted by atomic mass is 35.5. The fourth-order valence-corrected chi connectivity index (χ4v) is 4.92. The molecule has 28 heavy (non-hydrogen) atoms. The zero-order chi connectivity index (χ0) is 20.7. The normalized spacial score (nSPS) is 12.4. The van der Waals surface area contributed by atoms with E-state index in [0.717, 1.165) is 21.0 Å². The number of aryl methyl sites for hydroxylation is 1. The average molecular weight is 441 g/mol. The topological polar surface area (TPSA) is 66.5 Å². The van der Waals surface area contributed by atoms with Crippen LogP contribution in [0.25, 0.3) is 0 Å². The van der Waals surface area contributed by atoms with Crippen LogP contribution >= 0.6 is 23.4 Å². The van der Waals surface area contributed by atoms with Crippen LogP contribution in [0.4, 0.5) is 5.69 Å². The van der Waals surface area contributed by atoms with Crippen LogP contribution in [0.5, 0.6) is 0 Å². The molecule has 1 atom stereocenters. The van der Waals surface area contributed by atoms with E-state index in [1.54, 1.807) is 36.9 Å². The minimum atomic E-state index is -3.67. The monoisotopic (exact) mass is 440 g/mol. The summed E-state index contributed by atoms with van der Waals surface area (Å²) in [7, 11) is -3.67. The second kappa shape index (κ2) is 10.2. The SMILES string of the molecule is CC[C@H](C(=O)NCCSc1ccccc1)N(c1ccc(C)c(Cl)c1)S(C)(=O)=O. The maximum absolute atomic E-state index is 12.7. The number of carbonyl (C=O) groups is 1. The van der Waals surface area contributed by atoms with Gasteiger partial charge >= 0.3 is 0 Å². The van der Waals surface area contributed by atoms with Gasteiger partial charge in [-0.2, -0.15) is 0 Å². The van der Waals surface area contributed by atoms with Crippen molar-refractivity contribution in [2.45, 2.75) is 31.2 Å². The van der Waals surface area contributed by atoms with Gasteiger partial charge in [-0.3, -0.25) is 9.10 Å². The Morgan fingerprint density at radius 3 is 2.46 bits per heavy atom. The van der Waals surface area contributed by atoms with Crippen molar-refractivity contribution in [1.29, 1.82) is 0 Å². The molecule has 0 heterocycles. The van der Waals surface area contributed by atoms with E-state index < -0.39 is 16.1 Å². The van der Waals surface area contributed by atoms with E-state index >= 15 is 0 Å². The van der Waals surface area contributed by atoms with Gasteiger partial charge in [-0.1, -0.05) is 42.8 Å². The molecule has 1 N–H and O–H groups in total. The van der Waals surface area contributed by atoms with Gasteiger partial charge in [0.05, 0.1) is 11.9 Å². The molecule has 0 aliphatic carbocycles. The van der Waals surface area contributed by atoms with Gasteiger partial charge in [0.2, 0.25) is 15.9 Å². The fraction of sp³-hybridized carbons (Fsp3) is 0.350. The Hall–Kier alpha value is -1.70. The molecule has 0 bridgehead atoms. The molecule has 0 aliphatic heterocycles. The fourth-order valence-electron chi connectivity index (χ4n) is 2.76. The van der Waals surface area contributed by atoms with Gasteiger partial charge in [0.1, 0.15) is 6.04 Å². The zero-order valence-corrected chi connectivity index (χ0v) is 18.6. The summed E-state index contributed by atoms with van der Waals surface area (Å²) in [5.74, 6) is 0.375. The number of carbonyl (C=O) groups excluding carboxylic acids is 1. The predicted molar refractivity (Wildman–Crippen MR) is 118 cm³/mol. The molecule has 8 heteroatoms. The molecule has 2 rings (SSSR count). The number of nitrogens with one attached hydrogen (secondary N) is 1. The first kappa shape index (κ1) is 22.6. The van der Waals surface area contributed by atoms with E-state index in [9.17, 15) is 13.2 Å². The molecule has 0 fully saturated rings. The zero-order valence-electron chi connectivity index (χ0n) is 16.2. The van der Waals surface area contributed by atoms with Gasteiger partial charge in [-0.05, 0) is 43.2 Å². The summed E-state index contributed by atoms with van der Waals surface area (Å²) in [5, 5.41) is 3.31. The minimum Gasteiger partial charge on any atom is -0.353 e. The maximum Gasteiger partial charge on any atom is 0.243 e. The summed E-state index contributed by atoms with van der Waals surface area (Å²) < 4.78 is 26.0. The standard InChI is InChI=1S/C20H25ClN2O3S2/c1-4-19(20(24)22-12-13-27-17-8-6-5-7-9-17)23(28(3,25)26)16-11-10-15(2)18(21)14-16/h5-11,14,19H,4,12-13H2,1-3H3,(H,22,24)/t19-/m1/s1. The molecule has 1 amide bonds. The second-order valence-corrected chi connectivity index (χ2v) is 9.80. The van der Waals surface area contributed by atoms with Gasteiger partial charge < -0.3 is 5.32 Å². The molecular formula is C20H25ClN2O3S2. The van der Waals surface area contributed by atoms with Gasteiger partial charge in [0.25, 0.3) is 0 Å². The molecular weight excluding hydrogens is 416 g/mol. The van der Waals surface area contributed by atoms with E-state index in [4.69, 9.17) is 11.6 Å². The van der Waals surface area contributed by atoms with E-state index in [-0.39, 0.29) is 5.91 Å². The van der Waals surface area contributed by atoms with Gasteiger partial charge in [-0.15, -0.1) is 11.8 Å². The van der Waals surface area contributed by atoms with Crippen LogP contribution in [-0.2, 0) is 14.8 Å². The molecule has 152 valence electrons. The molecule has 0 aromatic heterocycles. The van der Waals surface area contributed by atoms with Crippen LogP contribution in [0, 0.1) is 6.92 Å². The van der Waals surface area contributed by atoms with Crippen molar-refractivity contribution >= 4 is 45.0 Å². The molecule has 0 spiro atoms. The van der Waals surface area contributed by atoms with Crippen LogP contribution in [0.1, 0.15) is 18.9 Å². The van der Waals surface area contributed by atoms with Crippen molar-refractivity contribution in [3.63, 3.8) is 0 Å². The number of nitrogens with zero attached hydrogens (tertiary/aromatic N) is 1.